The molecule has 6 nitrogen and oxygen atoms in total. The quantitative estimate of drug-likeness (QED) is 0.769. The van der Waals surface area contributed by atoms with Gasteiger partial charge in [0.25, 0.3) is 5.91 Å². The van der Waals surface area contributed by atoms with E-state index in [-0.39, 0.29) is 5.91 Å². The highest BCUT2D eigenvalue weighted by Crippen LogP contribution is 2.27. The molecular formula is C21H26N2O4S. The minimum Gasteiger partial charge on any atom is -0.497 e. The molecule has 1 aliphatic heterocycles. The molecule has 7 heteroatoms. The fourth-order valence-corrected chi connectivity index (χ4v) is 5.14. The Morgan fingerprint density at radius 1 is 1.00 bits per heavy atom. The maximum atomic E-state index is 12.9. The average molecular weight is 403 g/mol. The topological polar surface area (TPSA) is 66.9 Å². The molecule has 0 N–H and O–H groups in total. The van der Waals surface area contributed by atoms with E-state index >= 15 is 0 Å². The number of hydrogen-bond donors (Lipinski definition) is 0. The van der Waals surface area contributed by atoms with Gasteiger partial charge >= 0.3 is 0 Å². The molecule has 3 rings (SSSR count). The molecule has 150 valence electrons. The Labute approximate surface area is 166 Å². The van der Waals surface area contributed by atoms with E-state index in [0.29, 0.717) is 42.1 Å². The van der Waals surface area contributed by atoms with Gasteiger partial charge < -0.3 is 14.5 Å². The second kappa shape index (κ2) is 8.22. The van der Waals surface area contributed by atoms with E-state index in [4.69, 9.17) is 4.74 Å². The second-order valence-corrected chi connectivity index (χ2v) is 9.38. The SMILES string of the molecule is COc1ccc(S(=O)(=O)C2CCN(C(=O)c3ccc(N(C)C)cc3)CC2)cc1. The molecule has 1 heterocycles. The van der Waals surface area contributed by atoms with Crippen LogP contribution in [0.5, 0.6) is 5.75 Å². The van der Waals surface area contributed by atoms with Crippen LogP contribution in [-0.4, -0.2) is 58.8 Å². The van der Waals surface area contributed by atoms with E-state index in [1.165, 1.54) is 0 Å². The number of ether oxygens (including phenoxy) is 1. The summed E-state index contributed by atoms with van der Waals surface area (Å²) in [5.74, 6) is 0.574. The highest BCUT2D eigenvalue weighted by atomic mass is 32.2. The smallest absolute Gasteiger partial charge is 0.253 e. The number of likely N-dealkylation sites (tertiary alicyclic amines) is 1. The zero-order valence-corrected chi connectivity index (χ0v) is 17.3. The van der Waals surface area contributed by atoms with Crippen LogP contribution in [0.2, 0.25) is 0 Å². The van der Waals surface area contributed by atoms with E-state index in [9.17, 15) is 13.2 Å². The van der Waals surface area contributed by atoms with Gasteiger partial charge in [-0.25, -0.2) is 8.42 Å². The van der Waals surface area contributed by atoms with Gasteiger partial charge in [0.05, 0.1) is 17.3 Å². The lowest BCUT2D eigenvalue weighted by atomic mass is 10.1. The van der Waals surface area contributed by atoms with Crippen molar-refractivity contribution in [2.45, 2.75) is 23.0 Å². The number of carbonyl (C=O) groups excluding carboxylic acids is 1. The lowest BCUT2D eigenvalue weighted by molar-refractivity contribution is 0.0725. The molecule has 0 aromatic heterocycles. The predicted octanol–water partition coefficient (Wildman–Crippen LogP) is 2.84. The van der Waals surface area contributed by atoms with Gasteiger partial charge in [0.15, 0.2) is 9.84 Å². The predicted molar refractivity (Wildman–Crippen MR) is 110 cm³/mol. The third-order valence-corrected chi connectivity index (χ3v) is 7.46. The Bertz CT molecular complexity index is 914. The Balaban J connectivity index is 1.65. The Morgan fingerprint density at radius 2 is 1.57 bits per heavy atom. The van der Waals surface area contributed by atoms with Crippen molar-refractivity contribution < 1.29 is 17.9 Å². The molecular weight excluding hydrogens is 376 g/mol. The summed E-state index contributed by atoms with van der Waals surface area (Å²) in [6.45, 7) is 0.878. The summed E-state index contributed by atoms with van der Waals surface area (Å²) in [6, 6.07) is 13.9. The van der Waals surface area contributed by atoms with Crippen molar-refractivity contribution in [2.75, 3.05) is 39.2 Å². The number of hydrogen-bond acceptors (Lipinski definition) is 5. The van der Waals surface area contributed by atoms with E-state index in [0.717, 1.165) is 5.69 Å². The van der Waals surface area contributed by atoms with Crippen LogP contribution in [0.15, 0.2) is 53.4 Å². The first-order valence-corrected chi connectivity index (χ1v) is 10.8. The molecule has 2 aromatic carbocycles. The van der Waals surface area contributed by atoms with Crippen LogP contribution >= 0.6 is 0 Å². The van der Waals surface area contributed by atoms with Gasteiger partial charge in [-0.15, -0.1) is 0 Å². The summed E-state index contributed by atoms with van der Waals surface area (Å²) >= 11 is 0. The normalized spacial score (nSPS) is 15.3. The van der Waals surface area contributed by atoms with Crippen molar-refractivity contribution in [1.82, 2.24) is 4.90 Å². The van der Waals surface area contributed by atoms with Crippen LogP contribution in [0.3, 0.4) is 0 Å². The number of piperidine rings is 1. The first-order valence-electron chi connectivity index (χ1n) is 9.27. The zero-order chi connectivity index (χ0) is 20.3. The Morgan fingerprint density at radius 3 is 2.07 bits per heavy atom. The lowest BCUT2D eigenvalue weighted by Crippen LogP contribution is -2.42. The molecule has 0 atom stereocenters. The second-order valence-electron chi connectivity index (χ2n) is 7.15. The van der Waals surface area contributed by atoms with Crippen LogP contribution in [-0.2, 0) is 9.84 Å². The largest absolute Gasteiger partial charge is 0.497 e. The van der Waals surface area contributed by atoms with Crippen LogP contribution in [0.1, 0.15) is 23.2 Å². The van der Waals surface area contributed by atoms with Gasteiger partial charge in [0.1, 0.15) is 5.75 Å². The van der Waals surface area contributed by atoms with Crippen molar-refractivity contribution >= 4 is 21.4 Å². The number of rotatable bonds is 5. The van der Waals surface area contributed by atoms with Gasteiger partial charge in [-0.1, -0.05) is 0 Å². The standard InChI is InChI=1S/C21H26N2O4S/c1-22(2)17-6-4-16(5-7-17)21(24)23-14-12-20(13-15-23)28(25,26)19-10-8-18(27-3)9-11-19/h4-11,20H,12-15H2,1-3H3. The first-order chi connectivity index (χ1) is 13.3. The number of methoxy groups -OCH3 is 1. The third kappa shape index (κ3) is 4.14. The molecule has 1 amide bonds. The maximum Gasteiger partial charge on any atom is 0.253 e. The molecule has 1 saturated heterocycles. The average Bonchev–Trinajstić information content (AvgIpc) is 2.73. The molecule has 0 saturated carbocycles. The van der Waals surface area contributed by atoms with E-state index in [1.54, 1.807) is 36.3 Å². The summed E-state index contributed by atoms with van der Waals surface area (Å²) < 4.78 is 30.9. The van der Waals surface area contributed by atoms with Crippen LogP contribution in [0.25, 0.3) is 0 Å². The molecule has 1 aliphatic rings. The van der Waals surface area contributed by atoms with Crippen LogP contribution in [0, 0.1) is 0 Å². The van der Waals surface area contributed by atoms with E-state index in [2.05, 4.69) is 0 Å². The summed E-state index contributed by atoms with van der Waals surface area (Å²) in [5.41, 5.74) is 1.66. The van der Waals surface area contributed by atoms with Gasteiger partial charge in [-0.05, 0) is 61.4 Å². The lowest BCUT2D eigenvalue weighted by Gasteiger charge is -2.32. The Hall–Kier alpha value is -2.54. The fourth-order valence-electron chi connectivity index (χ4n) is 3.41. The highest BCUT2D eigenvalue weighted by molar-refractivity contribution is 7.92. The minimum absolute atomic E-state index is 0.0504. The number of benzene rings is 2. The summed E-state index contributed by atoms with van der Waals surface area (Å²) in [6.07, 6.45) is 0.881. The highest BCUT2D eigenvalue weighted by Gasteiger charge is 2.33. The van der Waals surface area contributed by atoms with Crippen molar-refractivity contribution in [2.24, 2.45) is 0 Å². The molecule has 0 radical (unpaired) electrons. The van der Waals surface area contributed by atoms with Gasteiger partial charge in [0.2, 0.25) is 0 Å². The molecule has 0 spiro atoms. The van der Waals surface area contributed by atoms with Crippen molar-refractivity contribution in [3.8, 4) is 5.75 Å². The molecule has 0 aliphatic carbocycles. The number of carbonyl (C=O) groups is 1. The van der Waals surface area contributed by atoms with E-state index < -0.39 is 15.1 Å². The van der Waals surface area contributed by atoms with Gasteiger partial charge in [-0.2, -0.15) is 0 Å². The molecule has 2 aromatic rings. The molecule has 0 bridgehead atoms. The number of amides is 1. The van der Waals surface area contributed by atoms with Crippen molar-refractivity contribution in [3.63, 3.8) is 0 Å². The first kappa shape index (κ1) is 20.2. The van der Waals surface area contributed by atoms with Gasteiger partial charge in [-0.3, -0.25) is 4.79 Å². The number of nitrogens with zero attached hydrogens (tertiary/aromatic N) is 2. The molecule has 1 fully saturated rings. The summed E-state index contributed by atoms with van der Waals surface area (Å²) in [5, 5.41) is -0.471. The van der Waals surface area contributed by atoms with Gasteiger partial charge in [0, 0.05) is 38.4 Å². The van der Waals surface area contributed by atoms with Crippen LogP contribution in [0.4, 0.5) is 5.69 Å². The van der Waals surface area contributed by atoms with Crippen molar-refractivity contribution in [3.05, 3.63) is 54.1 Å². The zero-order valence-electron chi connectivity index (χ0n) is 16.5. The Kier molecular flexibility index (Phi) is 5.93. The monoisotopic (exact) mass is 402 g/mol. The summed E-state index contributed by atoms with van der Waals surface area (Å²) in [7, 11) is 2.03. The van der Waals surface area contributed by atoms with Crippen molar-refractivity contribution in [1.29, 1.82) is 0 Å². The maximum absolute atomic E-state index is 12.9. The molecule has 0 unspecified atom stereocenters. The number of sulfone groups is 1. The minimum atomic E-state index is -3.41. The number of anilines is 1. The third-order valence-electron chi connectivity index (χ3n) is 5.19. The van der Waals surface area contributed by atoms with Crippen LogP contribution < -0.4 is 9.64 Å². The fraction of sp³-hybridized carbons (Fsp3) is 0.381. The summed E-state index contributed by atoms with van der Waals surface area (Å²) in [4.78, 5) is 16.7. The van der Waals surface area contributed by atoms with E-state index in [1.807, 2.05) is 43.3 Å². The molecule has 28 heavy (non-hydrogen) atoms.